The fraction of sp³-hybridized carbons (Fsp3) is 0.333. The Morgan fingerprint density at radius 1 is 1.54 bits per heavy atom. The largest absolute Gasteiger partial charge is 0.423 e. The Morgan fingerprint density at radius 3 is 2.54 bits per heavy atom. The SMILES string of the molecule is CNc1cn[nH]c(=O)c1C(F)(F)F. The van der Waals surface area contributed by atoms with E-state index in [9.17, 15) is 18.0 Å². The molecule has 1 aromatic heterocycles. The van der Waals surface area contributed by atoms with Crippen LogP contribution in [-0.4, -0.2) is 17.2 Å². The number of hydrogen-bond donors (Lipinski definition) is 2. The Labute approximate surface area is 70.8 Å². The van der Waals surface area contributed by atoms with Gasteiger partial charge in [0.2, 0.25) is 0 Å². The van der Waals surface area contributed by atoms with Crippen molar-refractivity contribution >= 4 is 5.69 Å². The van der Waals surface area contributed by atoms with Crippen LogP contribution < -0.4 is 10.9 Å². The summed E-state index contributed by atoms with van der Waals surface area (Å²) in [6.07, 6.45) is -3.76. The molecule has 0 amide bonds. The molecule has 0 fully saturated rings. The molecule has 1 heterocycles. The Morgan fingerprint density at radius 2 is 2.15 bits per heavy atom. The Kier molecular flexibility index (Phi) is 2.26. The molecule has 0 bridgehead atoms. The molecule has 1 rings (SSSR count). The maximum absolute atomic E-state index is 12.2. The molecule has 1 aromatic rings. The number of rotatable bonds is 1. The Bertz CT molecular complexity index is 357. The minimum Gasteiger partial charge on any atom is -0.386 e. The molecule has 0 aliphatic heterocycles. The molecule has 0 saturated heterocycles. The van der Waals surface area contributed by atoms with Gasteiger partial charge in [-0.05, 0) is 0 Å². The number of nitrogens with zero attached hydrogens (tertiary/aromatic N) is 1. The number of alkyl halides is 3. The quantitative estimate of drug-likeness (QED) is 0.694. The number of aromatic nitrogens is 2. The summed E-state index contributed by atoms with van der Waals surface area (Å²) in [5.74, 6) is 0. The average molecular weight is 193 g/mol. The first-order valence-corrected chi connectivity index (χ1v) is 3.29. The first-order valence-electron chi connectivity index (χ1n) is 3.29. The second-order valence-corrected chi connectivity index (χ2v) is 2.24. The van der Waals surface area contributed by atoms with Crippen molar-refractivity contribution in [1.29, 1.82) is 0 Å². The number of aromatic amines is 1. The zero-order chi connectivity index (χ0) is 10.1. The standard InChI is InChI=1S/C6H6F3N3O/c1-10-3-2-11-12-5(13)4(3)6(7,8)9/h2H,1H3,(H2,10,12,13). The molecule has 4 nitrogen and oxygen atoms in total. The monoisotopic (exact) mass is 193 g/mol. The molecule has 0 radical (unpaired) electrons. The number of hydrogen-bond acceptors (Lipinski definition) is 3. The average Bonchev–Trinajstić information content (AvgIpc) is 2.01. The zero-order valence-electron chi connectivity index (χ0n) is 6.57. The highest BCUT2D eigenvalue weighted by Gasteiger charge is 2.36. The molecule has 0 aliphatic carbocycles. The number of nitrogens with one attached hydrogen (secondary N) is 2. The summed E-state index contributed by atoms with van der Waals surface area (Å²) in [5, 5.41) is 7.19. The maximum atomic E-state index is 12.2. The first-order chi connectivity index (χ1) is 5.96. The van der Waals surface area contributed by atoms with Gasteiger partial charge in [0.05, 0.1) is 11.9 Å². The molecule has 0 aromatic carbocycles. The molecule has 0 aliphatic rings. The smallest absolute Gasteiger partial charge is 0.386 e. The Hall–Kier alpha value is -1.53. The van der Waals surface area contributed by atoms with Gasteiger partial charge in [0.1, 0.15) is 5.56 Å². The van der Waals surface area contributed by atoms with Crippen molar-refractivity contribution in [2.24, 2.45) is 0 Å². The van der Waals surface area contributed by atoms with Crippen molar-refractivity contribution in [2.75, 3.05) is 12.4 Å². The van der Waals surface area contributed by atoms with Crippen LogP contribution in [-0.2, 0) is 6.18 Å². The first kappa shape index (κ1) is 9.56. The molecule has 0 unspecified atom stereocenters. The molecule has 7 heteroatoms. The van der Waals surface area contributed by atoms with Crippen molar-refractivity contribution in [3.63, 3.8) is 0 Å². The van der Waals surface area contributed by atoms with E-state index in [4.69, 9.17) is 0 Å². The molecular weight excluding hydrogens is 187 g/mol. The highest BCUT2D eigenvalue weighted by molar-refractivity contribution is 5.48. The van der Waals surface area contributed by atoms with Crippen LogP contribution in [0.2, 0.25) is 0 Å². The topological polar surface area (TPSA) is 57.8 Å². The zero-order valence-corrected chi connectivity index (χ0v) is 6.57. The summed E-state index contributed by atoms with van der Waals surface area (Å²) in [6, 6.07) is 0. The molecule has 0 atom stereocenters. The van der Waals surface area contributed by atoms with Gasteiger partial charge in [0, 0.05) is 7.05 Å². The van der Waals surface area contributed by atoms with E-state index in [1.165, 1.54) is 7.05 Å². The third kappa shape index (κ3) is 1.79. The van der Waals surface area contributed by atoms with Crippen molar-refractivity contribution in [3.05, 3.63) is 22.1 Å². The second kappa shape index (κ2) is 3.08. The lowest BCUT2D eigenvalue weighted by Gasteiger charge is -2.09. The third-order valence-corrected chi connectivity index (χ3v) is 1.41. The number of H-pyrrole nitrogens is 1. The van der Waals surface area contributed by atoms with Crippen molar-refractivity contribution in [2.45, 2.75) is 6.18 Å². The number of anilines is 1. The van der Waals surface area contributed by atoms with Gasteiger partial charge in [0.25, 0.3) is 5.56 Å². The normalized spacial score (nSPS) is 11.4. The van der Waals surface area contributed by atoms with Crippen LogP contribution in [0.4, 0.5) is 18.9 Å². The summed E-state index contributed by atoms with van der Waals surface area (Å²) in [4.78, 5) is 10.8. The molecule has 0 spiro atoms. The summed E-state index contributed by atoms with van der Waals surface area (Å²) in [7, 11) is 1.28. The lowest BCUT2D eigenvalue weighted by molar-refractivity contribution is -0.138. The third-order valence-electron chi connectivity index (χ3n) is 1.41. The van der Waals surface area contributed by atoms with Gasteiger partial charge < -0.3 is 5.32 Å². The highest BCUT2D eigenvalue weighted by Crippen LogP contribution is 2.30. The fourth-order valence-corrected chi connectivity index (χ4v) is 0.869. The van der Waals surface area contributed by atoms with Crippen LogP contribution in [0.3, 0.4) is 0 Å². The van der Waals surface area contributed by atoms with Crippen LogP contribution in [0, 0.1) is 0 Å². The number of halogens is 3. The molecule has 0 saturated carbocycles. The minimum absolute atomic E-state index is 0.337. The lowest BCUT2D eigenvalue weighted by atomic mass is 10.2. The van der Waals surface area contributed by atoms with Crippen LogP contribution in [0.25, 0.3) is 0 Å². The van der Waals surface area contributed by atoms with Crippen LogP contribution >= 0.6 is 0 Å². The summed E-state index contributed by atoms with van der Waals surface area (Å²) in [6.45, 7) is 0. The van der Waals surface area contributed by atoms with Gasteiger partial charge in [-0.1, -0.05) is 0 Å². The van der Waals surface area contributed by atoms with E-state index < -0.39 is 17.3 Å². The predicted octanol–water partition coefficient (Wildman–Crippen LogP) is 0.830. The summed E-state index contributed by atoms with van der Waals surface area (Å²) >= 11 is 0. The van der Waals surface area contributed by atoms with E-state index in [0.29, 0.717) is 0 Å². The molecule has 72 valence electrons. The van der Waals surface area contributed by atoms with Crippen LogP contribution in [0.15, 0.2) is 11.0 Å². The highest BCUT2D eigenvalue weighted by atomic mass is 19.4. The maximum Gasteiger partial charge on any atom is 0.423 e. The van der Waals surface area contributed by atoms with Gasteiger partial charge in [-0.15, -0.1) is 0 Å². The molecule has 2 N–H and O–H groups in total. The van der Waals surface area contributed by atoms with Gasteiger partial charge in [-0.3, -0.25) is 4.79 Å². The van der Waals surface area contributed by atoms with Crippen LogP contribution in [0.5, 0.6) is 0 Å². The van der Waals surface area contributed by atoms with Crippen molar-refractivity contribution < 1.29 is 13.2 Å². The van der Waals surface area contributed by atoms with Crippen LogP contribution in [0.1, 0.15) is 5.56 Å². The summed E-state index contributed by atoms with van der Waals surface area (Å²) < 4.78 is 36.6. The van der Waals surface area contributed by atoms with Gasteiger partial charge >= 0.3 is 6.18 Å². The van der Waals surface area contributed by atoms with Gasteiger partial charge in [-0.2, -0.15) is 18.3 Å². The Balaban J connectivity index is 3.41. The van der Waals surface area contributed by atoms with Crippen molar-refractivity contribution in [3.8, 4) is 0 Å². The molecule has 13 heavy (non-hydrogen) atoms. The van der Waals surface area contributed by atoms with E-state index in [1.807, 2.05) is 0 Å². The van der Waals surface area contributed by atoms with Gasteiger partial charge in [0.15, 0.2) is 0 Å². The van der Waals surface area contributed by atoms with Gasteiger partial charge in [-0.25, -0.2) is 5.10 Å². The lowest BCUT2D eigenvalue weighted by Crippen LogP contribution is -2.24. The van der Waals surface area contributed by atoms with E-state index >= 15 is 0 Å². The molecular formula is C6H6F3N3O. The van der Waals surface area contributed by atoms with E-state index in [-0.39, 0.29) is 5.69 Å². The van der Waals surface area contributed by atoms with E-state index in [0.717, 1.165) is 6.20 Å². The summed E-state index contributed by atoms with van der Waals surface area (Å²) in [5.41, 5.74) is -2.85. The van der Waals surface area contributed by atoms with E-state index in [1.54, 1.807) is 5.10 Å². The van der Waals surface area contributed by atoms with E-state index in [2.05, 4.69) is 10.4 Å². The fourth-order valence-electron chi connectivity index (χ4n) is 0.869. The predicted molar refractivity (Wildman–Crippen MR) is 39.4 cm³/mol. The second-order valence-electron chi connectivity index (χ2n) is 2.24. The van der Waals surface area contributed by atoms with Crippen molar-refractivity contribution in [1.82, 2.24) is 10.2 Å². The minimum atomic E-state index is -4.67.